The van der Waals surface area contributed by atoms with Gasteiger partial charge in [-0.25, -0.2) is 0 Å². The van der Waals surface area contributed by atoms with Crippen LogP contribution in [-0.4, -0.2) is 34.2 Å². The van der Waals surface area contributed by atoms with Gasteiger partial charge in [-0.05, 0) is 31.0 Å². The Labute approximate surface area is 90.8 Å². The van der Waals surface area contributed by atoms with E-state index in [0.29, 0.717) is 6.04 Å². The van der Waals surface area contributed by atoms with Crippen LogP contribution in [0.25, 0.3) is 0 Å². The van der Waals surface area contributed by atoms with Crippen LogP contribution in [0.4, 0.5) is 0 Å². The molecular weight excluding hydrogens is 188 g/mol. The molecule has 1 saturated heterocycles. The molecule has 2 rings (SSSR count). The van der Waals surface area contributed by atoms with Crippen molar-refractivity contribution >= 4 is 0 Å². The Morgan fingerprint density at radius 2 is 2.40 bits per heavy atom. The molecule has 1 aromatic heterocycles. The molecule has 1 fully saturated rings. The van der Waals surface area contributed by atoms with Crippen LogP contribution < -0.4 is 0 Å². The van der Waals surface area contributed by atoms with Gasteiger partial charge >= 0.3 is 0 Å². The maximum Gasteiger partial charge on any atom is 0.0586 e. The van der Waals surface area contributed by atoms with E-state index in [9.17, 15) is 5.11 Å². The van der Waals surface area contributed by atoms with Crippen LogP contribution in [0.2, 0.25) is 0 Å². The van der Waals surface area contributed by atoms with Gasteiger partial charge in [-0.2, -0.15) is 0 Å². The van der Waals surface area contributed by atoms with Gasteiger partial charge in [0.15, 0.2) is 0 Å². The fraction of sp³-hybridized carbons (Fsp3) is 0.583. The van der Waals surface area contributed by atoms with E-state index in [1.54, 1.807) is 6.20 Å². The van der Waals surface area contributed by atoms with Crippen LogP contribution in [0.5, 0.6) is 0 Å². The van der Waals surface area contributed by atoms with Gasteiger partial charge in [-0.15, -0.1) is 0 Å². The molecule has 0 spiro atoms. The van der Waals surface area contributed by atoms with Crippen molar-refractivity contribution < 1.29 is 5.11 Å². The van der Waals surface area contributed by atoms with E-state index in [1.165, 1.54) is 18.4 Å². The largest absolute Gasteiger partial charge is 0.395 e. The molecule has 0 bridgehead atoms. The standard InChI is InChI=1S/C12H18N2O/c15-10-12-5-1-2-7-14(12)9-11-4-3-6-13-8-11/h3-4,6,8,12,15H,1-2,5,7,9-10H2/t12-/m0/s1. The second-order valence-corrected chi connectivity index (χ2v) is 4.16. The average Bonchev–Trinajstić information content (AvgIpc) is 2.31. The van der Waals surface area contributed by atoms with Crippen molar-refractivity contribution in [2.24, 2.45) is 0 Å². The molecule has 1 aromatic rings. The monoisotopic (exact) mass is 206 g/mol. The van der Waals surface area contributed by atoms with Crippen molar-refractivity contribution in [2.45, 2.75) is 31.8 Å². The zero-order chi connectivity index (χ0) is 10.5. The minimum absolute atomic E-state index is 0.278. The van der Waals surface area contributed by atoms with E-state index < -0.39 is 0 Å². The zero-order valence-corrected chi connectivity index (χ0v) is 8.97. The topological polar surface area (TPSA) is 36.4 Å². The number of hydrogen-bond acceptors (Lipinski definition) is 3. The van der Waals surface area contributed by atoms with Gasteiger partial charge in [0.25, 0.3) is 0 Å². The Hall–Kier alpha value is -0.930. The number of hydrogen-bond donors (Lipinski definition) is 1. The van der Waals surface area contributed by atoms with E-state index in [4.69, 9.17) is 0 Å². The number of piperidine rings is 1. The highest BCUT2D eigenvalue weighted by molar-refractivity contribution is 5.08. The molecule has 1 N–H and O–H groups in total. The number of aromatic nitrogens is 1. The van der Waals surface area contributed by atoms with Crippen LogP contribution in [0.1, 0.15) is 24.8 Å². The van der Waals surface area contributed by atoms with Crippen molar-refractivity contribution in [3.63, 3.8) is 0 Å². The number of aliphatic hydroxyl groups is 1. The lowest BCUT2D eigenvalue weighted by Gasteiger charge is -2.34. The molecule has 82 valence electrons. The molecule has 0 saturated carbocycles. The summed E-state index contributed by atoms with van der Waals surface area (Å²) < 4.78 is 0. The summed E-state index contributed by atoms with van der Waals surface area (Å²) in [4.78, 5) is 6.47. The van der Waals surface area contributed by atoms with Crippen molar-refractivity contribution in [1.29, 1.82) is 0 Å². The molecule has 3 heteroatoms. The van der Waals surface area contributed by atoms with Gasteiger partial charge in [0.05, 0.1) is 6.61 Å². The third-order valence-electron chi connectivity index (χ3n) is 3.07. The summed E-state index contributed by atoms with van der Waals surface area (Å²) in [6.07, 6.45) is 7.31. The lowest BCUT2D eigenvalue weighted by Crippen LogP contribution is -2.41. The Bertz CT molecular complexity index is 289. The van der Waals surface area contributed by atoms with Gasteiger partial charge in [-0.1, -0.05) is 12.5 Å². The summed E-state index contributed by atoms with van der Waals surface area (Å²) in [5, 5.41) is 9.28. The van der Waals surface area contributed by atoms with Crippen molar-refractivity contribution in [3.8, 4) is 0 Å². The van der Waals surface area contributed by atoms with Gasteiger partial charge in [0.2, 0.25) is 0 Å². The lowest BCUT2D eigenvalue weighted by atomic mass is 10.0. The Morgan fingerprint density at radius 3 is 3.13 bits per heavy atom. The summed E-state index contributed by atoms with van der Waals surface area (Å²) in [5.41, 5.74) is 1.23. The van der Waals surface area contributed by atoms with Crippen LogP contribution in [0.15, 0.2) is 24.5 Å². The predicted octanol–water partition coefficient (Wildman–Crippen LogP) is 1.43. The molecule has 0 unspecified atom stereocenters. The first-order valence-corrected chi connectivity index (χ1v) is 5.64. The maximum absolute atomic E-state index is 9.28. The molecule has 1 aliphatic heterocycles. The number of aliphatic hydroxyl groups excluding tert-OH is 1. The summed E-state index contributed by atoms with van der Waals surface area (Å²) >= 11 is 0. The van der Waals surface area contributed by atoms with E-state index >= 15 is 0 Å². The summed E-state index contributed by atoms with van der Waals surface area (Å²) in [7, 11) is 0. The van der Waals surface area contributed by atoms with Gasteiger partial charge in [0, 0.05) is 25.0 Å². The highest BCUT2D eigenvalue weighted by Crippen LogP contribution is 2.18. The van der Waals surface area contributed by atoms with Crippen molar-refractivity contribution in [3.05, 3.63) is 30.1 Å². The Morgan fingerprint density at radius 1 is 1.47 bits per heavy atom. The third-order valence-corrected chi connectivity index (χ3v) is 3.07. The van der Waals surface area contributed by atoms with Crippen LogP contribution in [0, 0.1) is 0 Å². The third kappa shape index (κ3) is 2.76. The normalized spacial score (nSPS) is 22.9. The van der Waals surface area contributed by atoms with Crippen LogP contribution in [-0.2, 0) is 6.54 Å². The van der Waals surface area contributed by atoms with E-state index in [-0.39, 0.29) is 6.61 Å². The molecule has 0 radical (unpaired) electrons. The summed E-state index contributed by atoms with van der Waals surface area (Å²) in [6.45, 7) is 2.29. The number of pyridine rings is 1. The lowest BCUT2D eigenvalue weighted by molar-refractivity contribution is 0.0840. The fourth-order valence-electron chi connectivity index (χ4n) is 2.20. The smallest absolute Gasteiger partial charge is 0.0586 e. The van der Waals surface area contributed by atoms with Crippen molar-refractivity contribution in [2.75, 3.05) is 13.2 Å². The average molecular weight is 206 g/mol. The first-order chi connectivity index (χ1) is 7.40. The van der Waals surface area contributed by atoms with Crippen LogP contribution >= 0.6 is 0 Å². The SMILES string of the molecule is OC[C@@H]1CCCCN1Cc1cccnc1. The van der Waals surface area contributed by atoms with E-state index in [1.807, 2.05) is 12.3 Å². The second-order valence-electron chi connectivity index (χ2n) is 4.16. The van der Waals surface area contributed by atoms with E-state index in [2.05, 4.69) is 16.0 Å². The first-order valence-electron chi connectivity index (χ1n) is 5.64. The molecule has 3 nitrogen and oxygen atoms in total. The second kappa shape index (κ2) is 5.24. The highest BCUT2D eigenvalue weighted by atomic mass is 16.3. The van der Waals surface area contributed by atoms with Gasteiger partial charge < -0.3 is 5.11 Å². The molecule has 1 atom stereocenters. The summed E-state index contributed by atoms with van der Waals surface area (Å²) in [6, 6.07) is 4.41. The molecule has 2 heterocycles. The zero-order valence-electron chi connectivity index (χ0n) is 8.97. The quantitative estimate of drug-likeness (QED) is 0.812. The fourth-order valence-corrected chi connectivity index (χ4v) is 2.20. The molecule has 0 aromatic carbocycles. The van der Waals surface area contributed by atoms with Crippen LogP contribution in [0.3, 0.4) is 0 Å². The van der Waals surface area contributed by atoms with Gasteiger partial charge in [0.1, 0.15) is 0 Å². The molecule has 0 aliphatic carbocycles. The minimum Gasteiger partial charge on any atom is -0.395 e. The number of likely N-dealkylation sites (tertiary alicyclic amines) is 1. The summed E-state index contributed by atoms with van der Waals surface area (Å²) in [5.74, 6) is 0. The molecule has 15 heavy (non-hydrogen) atoms. The molecule has 0 amide bonds. The van der Waals surface area contributed by atoms with E-state index in [0.717, 1.165) is 19.5 Å². The Kier molecular flexibility index (Phi) is 3.69. The maximum atomic E-state index is 9.28. The predicted molar refractivity (Wildman–Crippen MR) is 59.4 cm³/mol. The van der Waals surface area contributed by atoms with Crippen molar-refractivity contribution in [1.82, 2.24) is 9.88 Å². The number of nitrogens with zero attached hydrogens (tertiary/aromatic N) is 2. The highest BCUT2D eigenvalue weighted by Gasteiger charge is 2.21. The number of rotatable bonds is 3. The minimum atomic E-state index is 0.278. The first kappa shape index (κ1) is 10.6. The molecular formula is C12H18N2O. The van der Waals surface area contributed by atoms with Gasteiger partial charge in [-0.3, -0.25) is 9.88 Å². The Balaban J connectivity index is 1.97. The molecule has 1 aliphatic rings.